The zero-order valence-corrected chi connectivity index (χ0v) is 12.4. The van der Waals surface area contributed by atoms with E-state index in [2.05, 4.69) is 10.5 Å². The molecule has 0 saturated carbocycles. The predicted molar refractivity (Wildman–Crippen MR) is 76.0 cm³/mol. The van der Waals surface area contributed by atoms with Gasteiger partial charge in [0.1, 0.15) is 6.61 Å². The summed E-state index contributed by atoms with van der Waals surface area (Å²) in [6.45, 7) is 1.16. The number of aromatic nitrogens is 4. The fourth-order valence-electron chi connectivity index (χ4n) is 2.05. The molecule has 0 saturated heterocycles. The van der Waals surface area contributed by atoms with Crippen molar-refractivity contribution in [1.82, 2.24) is 24.2 Å². The monoisotopic (exact) mass is 311 g/mol. The Balaban J connectivity index is 2.28. The van der Waals surface area contributed by atoms with Crippen molar-refractivity contribution < 1.29 is 14.7 Å². The van der Waals surface area contributed by atoms with E-state index in [1.54, 1.807) is 0 Å². The normalized spacial score (nSPS) is 12.5. The van der Waals surface area contributed by atoms with Crippen molar-refractivity contribution in [1.29, 1.82) is 0 Å². The third kappa shape index (κ3) is 2.92. The second-order valence-electron chi connectivity index (χ2n) is 4.90. The van der Waals surface area contributed by atoms with Gasteiger partial charge in [-0.3, -0.25) is 23.6 Å². The van der Waals surface area contributed by atoms with Crippen LogP contribution in [0.5, 0.6) is 0 Å². The van der Waals surface area contributed by atoms with Gasteiger partial charge in [-0.15, -0.1) is 0 Å². The molecule has 22 heavy (non-hydrogen) atoms. The van der Waals surface area contributed by atoms with Crippen LogP contribution in [-0.2, 0) is 30.3 Å². The highest BCUT2D eigenvalue weighted by molar-refractivity contribution is 5.71. The van der Waals surface area contributed by atoms with Crippen LogP contribution >= 0.6 is 0 Å². The van der Waals surface area contributed by atoms with E-state index >= 15 is 0 Å². The molecule has 1 amide bonds. The number of aliphatic hydroxyl groups is 1. The fraction of sp³-hybridized carbons (Fsp3) is 0.500. The first-order valence-electron chi connectivity index (χ1n) is 6.50. The Morgan fingerprint density at radius 1 is 1.41 bits per heavy atom. The standard InChI is InChI=1S/C12H17N5O5/c1-7(18)14-22-5-8(19)4-17-6-13-10-9(17)11(20)16(3)12(21)15(10)2/h6,8,19H,4-5H2,1-3H3,(H,14,18). The van der Waals surface area contributed by atoms with Gasteiger partial charge in [0.15, 0.2) is 11.2 Å². The summed E-state index contributed by atoms with van der Waals surface area (Å²) >= 11 is 0. The number of imidazole rings is 1. The average Bonchev–Trinajstić information content (AvgIpc) is 2.86. The van der Waals surface area contributed by atoms with E-state index in [0.29, 0.717) is 0 Å². The molecule has 0 fully saturated rings. The number of hydrogen-bond acceptors (Lipinski definition) is 6. The molecule has 0 aliphatic heterocycles. The number of carbonyl (C=O) groups is 1. The summed E-state index contributed by atoms with van der Waals surface area (Å²) in [5, 5.41) is 9.88. The van der Waals surface area contributed by atoms with E-state index in [0.717, 1.165) is 4.57 Å². The number of nitrogens with zero attached hydrogens (tertiary/aromatic N) is 4. The summed E-state index contributed by atoms with van der Waals surface area (Å²) in [5.74, 6) is -0.385. The Labute approximate surface area is 124 Å². The lowest BCUT2D eigenvalue weighted by molar-refractivity contribution is -0.133. The Morgan fingerprint density at radius 3 is 2.73 bits per heavy atom. The first-order chi connectivity index (χ1) is 10.3. The number of fused-ring (bicyclic) bond motifs is 1. The molecule has 2 N–H and O–H groups in total. The van der Waals surface area contributed by atoms with Crippen LogP contribution in [0.1, 0.15) is 6.92 Å². The maximum Gasteiger partial charge on any atom is 0.332 e. The minimum absolute atomic E-state index is 0.0313. The Bertz CT molecular complexity index is 818. The number of hydroxylamine groups is 1. The van der Waals surface area contributed by atoms with Gasteiger partial charge < -0.3 is 9.67 Å². The zero-order chi connectivity index (χ0) is 16.4. The lowest BCUT2D eigenvalue weighted by atomic mass is 10.3. The van der Waals surface area contributed by atoms with Gasteiger partial charge in [-0.1, -0.05) is 0 Å². The maximum atomic E-state index is 12.2. The van der Waals surface area contributed by atoms with Crippen molar-refractivity contribution in [2.45, 2.75) is 19.6 Å². The smallest absolute Gasteiger partial charge is 0.332 e. The van der Waals surface area contributed by atoms with Crippen LogP contribution in [0.3, 0.4) is 0 Å². The van der Waals surface area contributed by atoms with Gasteiger partial charge in [-0.05, 0) is 0 Å². The van der Waals surface area contributed by atoms with E-state index in [9.17, 15) is 19.5 Å². The van der Waals surface area contributed by atoms with Crippen molar-refractivity contribution >= 4 is 17.1 Å². The summed E-state index contributed by atoms with van der Waals surface area (Å²) < 4.78 is 3.67. The molecule has 1 atom stereocenters. The minimum Gasteiger partial charge on any atom is -0.389 e. The SMILES string of the molecule is CC(=O)NOCC(O)Cn1cnc2c1c(=O)n(C)c(=O)n2C. The first-order valence-corrected chi connectivity index (χ1v) is 6.50. The summed E-state index contributed by atoms with van der Waals surface area (Å²) in [5.41, 5.74) is 1.58. The van der Waals surface area contributed by atoms with Gasteiger partial charge in [0.2, 0.25) is 5.91 Å². The van der Waals surface area contributed by atoms with E-state index < -0.39 is 17.4 Å². The topological polar surface area (TPSA) is 120 Å². The Hall–Kier alpha value is -2.46. The van der Waals surface area contributed by atoms with Crippen LogP contribution in [0.4, 0.5) is 0 Å². The predicted octanol–water partition coefficient (Wildman–Crippen LogP) is -2.14. The van der Waals surface area contributed by atoms with E-state index in [4.69, 9.17) is 4.84 Å². The third-order valence-electron chi connectivity index (χ3n) is 3.12. The van der Waals surface area contributed by atoms with Crippen LogP contribution in [0.2, 0.25) is 0 Å². The largest absolute Gasteiger partial charge is 0.389 e. The molecule has 120 valence electrons. The molecule has 0 aliphatic carbocycles. The van der Waals surface area contributed by atoms with Gasteiger partial charge >= 0.3 is 5.69 Å². The van der Waals surface area contributed by atoms with Gasteiger partial charge in [0, 0.05) is 21.0 Å². The van der Waals surface area contributed by atoms with Crippen LogP contribution in [0.25, 0.3) is 11.2 Å². The lowest BCUT2D eigenvalue weighted by Crippen LogP contribution is -2.38. The number of hydrogen-bond donors (Lipinski definition) is 2. The van der Waals surface area contributed by atoms with E-state index in [1.807, 2.05) is 0 Å². The van der Waals surface area contributed by atoms with Gasteiger partial charge in [0.05, 0.1) is 19.0 Å². The highest BCUT2D eigenvalue weighted by Gasteiger charge is 2.16. The van der Waals surface area contributed by atoms with Crippen LogP contribution < -0.4 is 16.7 Å². The van der Waals surface area contributed by atoms with Crippen LogP contribution in [-0.4, -0.2) is 42.4 Å². The van der Waals surface area contributed by atoms with Gasteiger partial charge in [-0.2, -0.15) is 0 Å². The second kappa shape index (κ2) is 6.12. The number of nitrogens with one attached hydrogen (secondary N) is 1. The molecule has 0 radical (unpaired) electrons. The summed E-state index contributed by atoms with van der Waals surface area (Å²) in [4.78, 5) is 43.5. The molecule has 2 rings (SSSR count). The summed E-state index contributed by atoms with van der Waals surface area (Å²) in [6, 6.07) is 0. The molecule has 10 heteroatoms. The lowest BCUT2D eigenvalue weighted by Gasteiger charge is -2.12. The van der Waals surface area contributed by atoms with Crippen LogP contribution in [0.15, 0.2) is 15.9 Å². The molecule has 2 aromatic rings. The number of amides is 1. The second-order valence-corrected chi connectivity index (χ2v) is 4.90. The van der Waals surface area contributed by atoms with Gasteiger partial charge in [0.25, 0.3) is 5.56 Å². The number of carbonyl (C=O) groups excluding carboxylic acids is 1. The van der Waals surface area contributed by atoms with E-state index in [-0.39, 0.29) is 30.2 Å². The highest BCUT2D eigenvalue weighted by Crippen LogP contribution is 2.06. The minimum atomic E-state index is -0.966. The van der Waals surface area contributed by atoms with Crippen molar-refractivity contribution in [3.05, 3.63) is 27.2 Å². The Morgan fingerprint density at radius 2 is 2.09 bits per heavy atom. The van der Waals surface area contributed by atoms with Crippen molar-refractivity contribution in [2.24, 2.45) is 14.1 Å². The molecule has 1 unspecified atom stereocenters. The fourth-order valence-corrected chi connectivity index (χ4v) is 2.05. The zero-order valence-electron chi connectivity index (χ0n) is 12.4. The summed E-state index contributed by atoms with van der Waals surface area (Å²) in [7, 11) is 2.88. The number of rotatable bonds is 5. The maximum absolute atomic E-state index is 12.2. The molecular weight excluding hydrogens is 294 g/mol. The highest BCUT2D eigenvalue weighted by atomic mass is 16.7. The molecule has 10 nitrogen and oxygen atoms in total. The van der Waals surface area contributed by atoms with E-state index in [1.165, 1.54) is 36.5 Å². The first kappa shape index (κ1) is 15.9. The molecule has 0 aliphatic rings. The quantitative estimate of drug-likeness (QED) is 0.608. The number of aliphatic hydroxyl groups excluding tert-OH is 1. The average molecular weight is 311 g/mol. The molecule has 0 spiro atoms. The molecule has 0 aromatic carbocycles. The van der Waals surface area contributed by atoms with Crippen LogP contribution in [0, 0.1) is 0 Å². The molecule has 2 aromatic heterocycles. The van der Waals surface area contributed by atoms with Crippen molar-refractivity contribution in [3.63, 3.8) is 0 Å². The molecule has 2 heterocycles. The van der Waals surface area contributed by atoms with Crippen molar-refractivity contribution in [3.8, 4) is 0 Å². The number of aryl methyl sites for hydroxylation is 1. The van der Waals surface area contributed by atoms with Crippen molar-refractivity contribution in [2.75, 3.05) is 6.61 Å². The third-order valence-corrected chi connectivity index (χ3v) is 3.12. The van der Waals surface area contributed by atoms with Gasteiger partial charge in [-0.25, -0.2) is 15.3 Å². The molecule has 0 bridgehead atoms. The Kier molecular flexibility index (Phi) is 4.43. The summed E-state index contributed by atoms with van der Waals surface area (Å²) in [6.07, 6.45) is 0.402. The molecular formula is C12H17N5O5.